The lowest BCUT2D eigenvalue weighted by Gasteiger charge is -2.27. The fourth-order valence-electron chi connectivity index (χ4n) is 4.49. The SMILES string of the molecule is O=C(CN(c1cccc(C(F)(F)F)c1)S(=O)(=O)c1ccccc1)NCc1ccccc1CN1CCCCC1. The van der Waals surface area contributed by atoms with Gasteiger partial charge in [-0.05, 0) is 67.4 Å². The van der Waals surface area contributed by atoms with Crippen molar-refractivity contribution < 1.29 is 26.4 Å². The first-order chi connectivity index (χ1) is 18.1. The third-order valence-electron chi connectivity index (χ3n) is 6.52. The van der Waals surface area contributed by atoms with E-state index in [1.165, 1.54) is 36.8 Å². The van der Waals surface area contributed by atoms with Gasteiger partial charge in [-0.25, -0.2) is 8.42 Å². The second-order valence-electron chi connectivity index (χ2n) is 9.26. The molecule has 0 saturated carbocycles. The Morgan fingerprint density at radius 3 is 2.21 bits per heavy atom. The summed E-state index contributed by atoms with van der Waals surface area (Å²) in [5, 5.41) is 2.76. The molecule has 0 atom stereocenters. The van der Waals surface area contributed by atoms with E-state index in [0.717, 1.165) is 61.8 Å². The van der Waals surface area contributed by atoms with Crippen LogP contribution in [0.2, 0.25) is 0 Å². The van der Waals surface area contributed by atoms with E-state index in [0.29, 0.717) is 4.31 Å². The molecule has 1 aliphatic rings. The zero-order valence-electron chi connectivity index (χ0n) is 20.8. The first kappa shape index (κ1) is 27.7. The Hall–Kier alpha value is -3.37. The lowest BCUT2D eigenvalue weighted by atomic mass is 10.0. The van der Waals surface area contributed by atoms with Crippen molar-refractivity contribution in [2.24, 2.45) is 0 Å². The number of hydrogen-bond donors (Lipinski definition) is 1. The van der Waals surface area contributed by atoms with Gasteiger partial charge in [0.05, 0.1) is 16.1 Å². The zero-order chi connectivity index (χ0) is 27.2. The lowest BCUT2D eigenvalue weighted by molar-refractivity contribution is -0.137. The van der Waals surface area contributed by atoms with Crippen LogP contribution in [0.15, 0.2) is 83.8 Å². The molecule has 3 aromatic carbocycles. The van der Waals surface area contributed by atoms with Crippen LogP contribution in [-0.4, -0.2) is 38.9 Å². The Morgan fingerprint density at radius 2 is 1.53 bits per heavy atom. The van der Waals surface area contributed by atoms with Crippen LogP contribution in [0.3, 0.4) is 0 Å². The maximum Gasteiger partial charge on any atom is 0.416 e. The van der Waals surface area contributed by atoms with Crippen LogP contribution in [0.25, 0.3) is 0 Å². The summed E-state index contributed by atoms with van der Waals surface area (Å²) in [5.41, 5.74) is 0.726. The summed E-state index contributed by atoms with van der Waals surface area (Å²) in [7, 11) is -4.32. The van der Waals surface area contributed by atoms with Crippen LogP contribution in [0, 0.1) is 0 Å². The molecular weight excluding hydrogens is 515 g/mol. The third kappa shape index (κ3) is 6.93. The minimum Gasteiger partial charge on any atom is -0.350 e. The van der Waals surface area contributed by atoms with E-state index in [2.05, 4.69) is 10.2 Å². The van der Waals surface area contributed by atoms with Crippen LogP contribution >= 0.6 is 0 Å². The Morgan fingerprint density at radius 1 is 0.868 bits per heavy atom. The number of halogens is 3. The first-order valence-corrected chi connectivity index (χ1v) is 13.9. The number of alkyl halides is 3. The molecule has 1 fully saturated rings. The van der Waals surface area contributed by atoms with E-state index in [9.17, 15) is 26.4 Å². The Kier molecular flexibility index (Phi) is 8.73. The molecule has 10 heteroatoms. The molecule has 1 N–H and O–H groups in total. The highest BCUT2D eigenvalue weighted by Gasteiger charge is 2.33. The summed E-state index contributed by atoms with van der Waals surface area (Å²) in [6.07, 6.45) is -1.14. The van der Waals surface area contributed by atoms with Gasteiger partial charge in [0.15, 0.2) is 0 Å². The molecule has 4 rings (SSSR count). The molecule has 3 aromatic rings. The van der Waals surface area contributed by atoms with Crippen LogP contribution in [0.4, 0.5) is 18.9 Å². The van der Waals surface area contributed by atoms with Gasteiger partial charge in [0.1, 0.15) is 6.54 Å². The maximum absolute atomic E-state index is 13.4. The lowest BCUT2D eigenvalue weighted by Crippen LogP contribution is -2.41. The quantitative estimate of drug-likeness (QED) is 0.401. The van der Waals surface area contributed by atoms with Crippen molar-refractivity contribution in [2.45, 2.75) is 43.4 Å². The summed E-state index contributed by atoms with van der Waals surface area (Å²) < 4.78 is 67.7. The number of nitrogens with zero attached hydrogens (tertiary/aromatic N) is 2. The van der Waals surface area contributed by atoms with E-state index in [1.54, 1.807) is 6.07 Å². The average molecular weight is 546 g/mol. The van der Waals surface area contributed by atoms with Crippen LogP contribution < -0.4 is 9.62 Å². The second-order valence-corrected chi connectivity index (χ2v) is 11.1. The smallest absolute Gasteiger partial charge is 0.350 e. The van der Waals surface area contributed by atoms with Crippen LogP contribution in [0.1, 0.15) is 36.0 Å². The number of piperidine rings is 1. The molecule has 0 aromatic heterocycles. The minimum atomic E-state index is -4.67. The summed E-state index contributed by atoms with van der Waals surface area (Å²) in [4.78, 5) is 15.3. The van der Waals surface area contributed by atoms with Crippen molar-refractivity contribution in [3.63, 3.8) is 0 Å². The highest BCUT2D eigenvalue weighted by molar-refractivity contribution is 7.92. The molecule has 1 saturated heterocycles. The number of hydrogen-bond acceptors (Lipinski definition) is 4. The van der Waals surface area contributed by atoms with Crippen molar-refractivity contribution in [2.75, 3.05) is 23.9 Å². The molecule has 1 amide bonds. The van der Waals surface area contributed by atoms with E-state index < -0.39 is 34.2 Å². The Labute approximate surface area is 221 Å². The standard InChI is InChI=1S/C28H30F3N3O3S/c29-28(30,31)24-12-9-13-25(18-24)34(38(36,37)26-14-3-1-4-15-26)21-27(35)32-19-22-10-5-6-11-23(22)20-33-16-7-2-8-17-33/h1,3-6,9-15,18H,2,7-8,16-17,19-21H2,(H,32,35). The molecule has 0 bridgehead atoms. The van der Waals surface area contributed by atoms with Gasteiger partial charge >= 0.3 is 6.18 Å². The average Bonchev–Trinajstić information content (AvgIpc) is 2.92. The normalized spacial score (nSPS) is 14.7. The third-order valence-corrected chi connectivity index (χ3v) is 8.30. The molecular formula is C28H30F3N3O3S. The Balaban J connectivity index is 1.54. The van der Waals surface area contributed by atoms with Crippen LogP contribution in [-0.2, 0) is 34.1 Å². The molecule has 0 unspecified atom stereocenters. The second kappa shape index (κ2) is 12.0. The molecule has 202 valence electrons. The van der Waals surface area contributed by atoms with Gasteiger partial charge in [0.2, 0.25) is 5.91 Å². The minimum absolute atomic E-state index is 0.128. The van der Waals surface area contributed by atoms with E-state index in [4.69, 9.17) is 0 Å². The van der Waals surface area contributed by atoms with Crippen LogP contribution in [0.5, 0.6) is 0 Å². The van der Waals surface area contributed by atoms with E-state index in [1.807, 2.05) is 24.3 Å². The number of nitrogens with one attached hydrogen (secondary N) is 1. The molecule has 0 spiro atoms. The van der Waals surface area contributed by atoms with Crippen molar-refractivity contribution in [3.8, 4) is 0 Å². The molecule has 0 aliphatic carbocycles. The molecule has 6 nitrogen and oxygen atoms in total. The number of benzene rings is 3. The number of anilines is 1. The predicted molar refractivity (Wildman–Crippen MR) is 140 cm³/mol. The number of carbonyl (C=O) groups is 1. The summed E-state index contributed by atoms with van der Waals surface area (Å²) in [6.45, 7) is 2.29. The molecule has 1 aliphatic heterocycles. The van der Waals surface area contributed by atoms with Gasteiger partial charge in [-0.3, -0.25) is 14.0 Å². The first-order valence-electron chi connectivity index (χ1n) is 12.5. The maximum atomic E-state index is 13.4. The number of amides is 1. The fraction of sp³-hybridized carbons (Fsp3) is 0.321. The number of likely N-dealkylation sites (tertiary alicyclic amines) is 1. The monoisotopic (exact) mass is 545 g/mol. The summed E-state index contributed by atoms with van der Waals surface area (Å²) in [6, 6.07) is 19.0. The number of rotatable bonds is 9. The van der Waals surface area contributed by atoms with Gasteiger partial charge in [0, 0.05) is 13.1 Å². The summed E-state index contributed by atoms with van der Waals surface area (Å²) in [5.74, 6) is -0.630. The van der Waals surface area contributed by atoms with Crippen molar-refractivity contribution in [1.82, 2.24) is 10.2 Å². The number of carbonyl (C=O) groups excluding carboxylic acids is 1. The van der Waals surface area contributed by atoms with Gasteiger partial charge in [-0.1, -0.05) is 55.0 Å². The highest BCUT2D eigenvalue weighted by Crippen LogP contribution is 2.33. The molecule has 38 heavy (non-hydrogen) atoms. The largest absolute Gasteiger partial charge is 0.416 e. The van der Waals surface area contributed by atoms with Gasteiger partial charge in [-0.2, -0.15) is 13.2 Å². The summed E-state index contributed by atoms with van der Waals surface area (Å²) >= 11 is 0. The van der Waals surface area contributed by atoms with Gasteiger partial charge in [0.25, 0.3) is 10.0 Å². The van der Waals surface area contributed by atoms with Gasteiger partial charge in [-0.15, -0.1) is 0 Å². The molecule has 1 heterocycles. The van der Waals surface area contributed by atoms with Crippen molar-refractivity contribution in [3.05, 3.63) is 95.6 Å². The van der Waals surface area contributed by atoms with E-state index >= 15 is 0 Å². The Bertz CT molecular complexity index is 1340. The topological polar surface area (TPSA) is 69.7 Å². The van der Waals surface area contributed by atoms with Crippen molar-refractivity contribution >= 4 is 21.6 Å². The van der Waals surface area contributed by atoms with Crippen molar-refractivity contribution in [1.29, 1.82) is 0 Å². The molecule has 0 radical (unpaired) electrons. The number of sulfonamides is 1. The fourth-order valence-corrected chi connectivity index (χ4v) is 5.93. The highest BCUT2D eigenvalue weighted by atomic mass is 32.2. The van der Waals surface area contributed by atoms with Gasteiger partial charge < -0.3 is 5.32 Å². The van der Waals surface area contributed by atoms with E-state index in [-0.39, 0.29) is 17.1 Å². The zero-order valence-corrected chi connectivity index (χ0v) is 21.6. The predicted octanol–water partition coefficient (Wildman–Crippen LogP) is 5.20.